The molecular weight excluding hydrogens is 296 g/mol. The molecule has 126 valence electrons. The van der Waals surface area contributed by atoms with E-state index in [1.807, 2.05) is 31.4 Å². The predicted octanol–water partition coefficient (Wildman–Crippen LogP) is 2.21. The van der Waals surface area contributed by atoms with Crippen molar-refractivity contribution < 1.29 is 14.3 Å². The molecule has 23 heavy (non-hydrogen) atoms. The highest BCUT2D eigenvalue weighted by Crippen LogP contribution is 2.36. The fraction of sp³-hybridized carbons (Fsp3) is 0.647. The molecule has 1 aromatic heterocycles. The van der Waals surface area contributed by atoms with Crippen LogP contribution in [0.5, 0.6) is 5.75 Å². The van der Waals surface area contributed by atoms with Crippen LogP contribution in [0.4, 0.5) is 4.79 Å². The highest BCUT2D eigenvalue weighted by atomic mass is 16.6. The first-order valence-corrected chi connectivity index (χ1v) is 8.03. The summed E-state index contributed by atoms with van der Waals surface area (Å²) >= 11 is 0. The van der Waals surface area contributed by atoms with E-state index in [4.69, 9.17) is 9.47 Å². The summed E-state index contributed by atoms with van der Waals surface area (Å²) in [6.45, 7) is 7.48. The third-order valence-electron chi connectivity index (χ3n) is 4.42. The van der Waals surface area contributed by atoms with Gasteiger partial charge in [0.2, 0.25) is 0 Å². The van der Waals surface area contributed by atoms with Crippen LogP contribution in [0.3, 0.4) is 0 Å². The average Bonchev–Trinajstić information content (AvgIpc) is 2.46. The van der Waals surface area contributed by atoms with Crippen LogP contribution in [-0.4, -0.2) is 41.4 Å². The van der Waals surface area contributed by atoms with Gasteiger partial charge in [0.05, 0.1) is 7.11 Å². The minimum Gasteiger partial charge on any atom is -0.496 e. The first kappa shape index (κ1) is 15.9. The summed E-state index contributed by atoms with van der Waals surface area (Å²) in [7, 11) is 1.56. The number of piperidine rings is 1. The van der Waals surface area contributed by atoms with Gasteiger partial charge in [-0.2, -0.15) is 0 Å². The van der Waals surface area contributed by atoms with Crippen LogP contribution in [0.15, 0.2) is 16.9 Å². The van der Waals surface area contributed by atoms with Crippen molar-refractivity contribution in [3.05, 3.63) is 28.2 Å². The molecule has 1 fully saturated rings. The number of likely N-dealkylation sites (tertiary alicyclic amines) is 1. The molecule has 3 heterocycles. The Morgan fingerprint density at radius 3 is 2.61 bits per heavy atom. The third-order valence-corrected chi connectivity index (χ3v) is 4.42. The molecule has 1 saturated heterocycles. The predicted molar refractivity (Wildman–Crippen MR) is 85.9 cm³/mol. The van der Waals surface area contributed by atoms with Crippen molar-refractivity contribution in [1.82, 2.24) is 9.47 Å². The van der Waals surface area contributed by atoms with Gasteiger partial charge in [-0.1, -0.05) is 0 Å². The van der Waals surface area contributed by atoms with Gasteiger partial charge >= 0.3 is 6.09 Å². The largest absolute Gasteiger partial charge is 0.496 e. The van der Waals surface area contributed by atoms with E-state index in [-0.39, 0.29) is 17.6 Å². The van der Waals surface area contributed by atoms with Gasteiger partial charge in [0.1, 0.15) is 11.4 Å². The smallest absolute Gasteiger partial charge is 0.410 e. The molecule has 0 N–H and O–H groups in total. The number of aromatic nitrogens is 1. The molecule has 2 aliphatic heterocycles. The summed E-state index contributed by atoms with van der Waals surface area (Å²) in [6.07, 6.45) is 0.720. The Labute approximate surface area is 136 Å². The van der Waals surface area contributed by atoms with Crippen molar-refractivity contribution in [3.63, 3.8) is 0 Å². The molecule has 2 atom stereocenters. The highest BCUT2D eigenvalue weighted by molar-refractivity contribution is 5.68. The van der Waals surface area contributed by atoms with Crippen molar-refractivity contribution in [2.75, 3.05) is 20.2 Å². The molecule has 0 aliphatic carbocycles. The second-order valence-electron chi connectivity index (χ2n) is 7.45. The minimum absolute atomic E-state index is 0.0280. The Balaban J connectivity index is 1.86. The molecule has 0 spiro atoms. The lowest BCUT2D eigenvalue weighted by Crippen LogP contribution is -2.50. The highest BCUT2D eigenvalue weighted by Gasteiger charge is 2.38. The maximum absolute atomic E-state index is 12.4. The number of hydrogen-bond acceptors (Lipinski definition) is 4. The first-order chi connectivity index (χ1) is 10.8. The van der Waals surface area contributed by atoms with Gasteiger partial charge in [0.25, 0.3) is 5.56 Å². The van der Waals surface area contributed by atoms with Crippen LogP contribution in [0.1, 0.15) is 38.8 Å². The Bertz CT molecular complexity index is 674. The second-order valence-corrected chi connectivity index (χ2v) is 7.45. The Hall–Kier alpha value is -1.98. The molecule has 0 radical (unpaired) electrons. The van der Waals surface area contributed by atoms with Crippen LogP contribution in [0.25, 0.3) is 0 Å². The third kappa shape index (κ3) is 3.21. The van der Waals surface area contributed by atoms with E-state index in [1.54, 1.807) is 12.0 Å². The van der Waals surface area contributed by atoms with Gasteiger partial charge in [-0.3, -0.25) is 4.79 Å². The first-order valence-electron chi connectivity index (χ1n) is 8.03. The van der Waals surface area contributed by atoms with E-state index in [1.165, 1.54) is 6.07 Å². The molecule has 0 aromatic carbocycles. The van der Waals surface area contributed by atoms with Gasteiger partial charge in [0.15, 0.2) is 0 Å². The summed E-state index contributed by atoms with van der Waals surface area (Å²) in [5.74, 6) is 1.02. The van der Waals surface area contributed by atoms with Crippen LogP contribution in [0.2, 0.25) is 0 Å². The van der Waals surface area contributed by atoms with Gasteiger partial charge in [-0.25, -0.2) is 4.79 Å². The van der Waals surface area contributed by atoms with Crippen molar-refractivity contribution in [2.24, 2.45) is 5.92 Å². The van der Waals surface area contributed by atoms with Crippen LogP contribution < -0.4 is 10.3 Å². The fourth-order valence-electron chi connectivity index (χ4n) is 3.53. The van der Waals surface area contributed by atoms with Gasteiger partial charge in [-0.05, 0) is 33.1 Å². The molecule has 1 amide bonds. The number of nitrogens with zero attached hydrogens (tertiary/aromatic N) is 2. The average molecular weight is 320 g/mol. The Kier molecular flexibility index (Phi) is 3.86. The van der Waals surface area contributed by atoms with Gasteiger partial charge < -0.3 is 18.9 Å². The van der Waals surface area contributed by atoms with Crippen molar-refractivity contribution >= 4 is 6.09 Å². The molecule has 0 unspecified atom stereocenters. The Morgan fingerprint density at radius 1 is 1.22 bits per heavy atom. The zero-order chi connectivity index (χ0) is 16.8. The monoisotopic (exact) mass is 320 g/mol. The van der Waals surface area contributed by atoms with Crippen molar-refractivity contribution in [1.29, 1.82) is 0 Å². The molecule has 3 rings (SSSR count). The van der Waals surface area contributed by atoms with Gasteiger partial charge in [-0.15, -0.1) is 0 Å². The molecular formula is C17H24N2O4. The number of rotatable bonds is 1. The van der Waals surface area contributed by atoms with Crippen molar-refractivity contribution in [3.8, 4) is 5.75 Å². The maximum Gasteiger partial charge on any atom is 0.410 e. The van der Waals surface area contributed by atoms with Crippen molar-refractivity contribution in [2.45, 2.75) is 45.3 Å². The topological polar surface area (TPSA) is 60.8 Å². The maximum atomic E-state index is 12.4. The lowest BCUT2D eigenvalue weighted by Gasteiger charge is -2.42. The quantitative estimate of drug-likeness (QED) is 0.796. The SMILES string of the molecule is COc1cc2n(c(=O)c1)C[C@H]1C[C@@H]2CN(C(=O)OC(C)(C)C)C1. The molecule has 1 aromatic rings. The number of methoxy groups -OCH3 is 1. The number of pyridine rings is 1. The minimum atomic E-state index is -0.498. The number of amides is 1. The molecule has 6 heteroatoms. The summed E-state index contributed by atoms with van der Waals surface area (Å²) in [5.41, 5.74) is 0.431. The second kappa shape index (κ2) is 5.58. The van der Waals surface area contributed by atoms with E-state index in [0.717, 1.165) is 12.1 Å². The van der Waals surface area contributed by atoms with Crippen LogP contribution in [-0.2, 0) is 11.3 Å². The zero-order valence-electron chi connectivity index (χ0n) is 14.2. The number of hydrogen-bond donors (Lipinski definition) is 0. The van der Waals surface area contributed by atoms with E-state index < -0.39 is 5.60 Å². The van der Waals surface area contributed by atoms with E-state index in [0.29, 0.717) is 31.3 Å². The Morgan fingerprint density at radius 2 is 1.96 bits per heavy atom. The number of fused-ring (bicyclic) bond motifs is 4. The zero-order valence-corrected chi connectivity index (χ0v) is 14.2. The lowest BCUT2D eigenvalue weighted by atomic mass is 9.83. The lowest BCUT2D eigenvalue weighted by molar-refractivity contribution is 0.0102. The van der Waals surface area contributed by atoms with E-state index >= 15 is 0 Å². The standard InChI is InChI=1S/C17H24N2O4/c1-17(2,3)23-16(21)18-8-11-5-12(10-18)14-6-13(22-4)7-15(20)19(14)9-11/h6-7,11-12H,5,8-10H2,1-4H3/t11-,12+/m0/s1. The van der Waals surface area contributed by atoms with E-state index in [2.05, 4.69) is 0 Å². The number of carbonyl (C=O) groups is 1. The molecule has 2 bridgehead atoms. The van der Waals surface area contributed by atoms with E-state index in [9.17, 15) is 9.59 Å². The fourth-order valence-corrected chi connectivity index (χ4v) is 3.53. The molecule has 0 saturated carbocycles. The van der Waals surface area contributed by atoms with Crippen LogP contribution in [0, 0.1) is 5.92 Å². The van der Waals surface area contributed by atoms with Gasteiger partial charge in [0, 0.05) is 43.4 Å². The number of carbonyl (C=O) groups excluding carboxylic acids is 1. The molecule has 6 nitrogen and oxygen atoms in total. The summed E-state index contributed by atoms with van der Waals surface area (Å²) < 4.78 is 12.5. The number of ether oxygens (including phenoxy) is 2. The van der Waals surface area contributed by atoms with Crippen LogP contribution >= 0.6 is 0 Å². The normalized spacial score (nSPS) is 23.2. The summed E-state index contributed by atoms with van der Waals surface area (Å²) in [4.78, 5) is 26.4. The molecule has 2 aliphatic rings. The summed E-state index contributed by atoms with van der Waals surface area (Å²) in [6, 6.07) is 3.44. The summed E-state index contributed by atoms with van der Waals surface area (Å²) in [5, 5.41) is 0.